The minimum atomic E-state index is -0.570. The summed E-state index contributed by atoms with van der Waals surface area (Å²) < 4.78 is 0. The number of alkyl halides is 2. The Bertz CT molecular complexity index is 93.4. The maximum atomic E-state index is 5.29. The molecule has 0 bridgehead atoms. The fourth-order valence-electron chi connectivity index (χ4n) is 0.205. The van der Waals surface area contributed by atoms with Crippen molar-refractivity contribution in [1.82, 2.24) is 0 Å². The standard InChI is InChI=1S/C6H7Cl2/c1-5(2)3-4-6(7)8/h5-6H,1H2,2H3. The zero-order valence-corrected chi connectivity index (χ0v) is 6.13. The van der Waals surface area contributed by atoms with Crippen LogP contribution in [0, 0.1) is 24.7 Å². The van der Waals surface area contributed by atoms with Gasteiger partial charge >= 0.3 is 0 Å². The van der Waals surface area contributed by atoms with Crippen LogP contribution < -0.4 is 0 Å². The van der Waals surface area contributed by atoms with Gasteiger partial charge in [0.1, 0.15) is 0 Å². The Morgan fingerprint density at radius 3 is 2.00 bits per heavy atom. The van der Waals surface area contributed by atoms with E-state index in [9.17, 15) is 0 Å². The molecule has 0 aliphatic rings. The summed E-state index contributed by atoms with van der Waals surface area (Å²) in [6.45, 7) is 5.50. The first-order valence-corrected chi connectivity index (χ1v) is 3.12. The van der Waals surface area contributed by atoms with Crippen LogP contribution in [-0.2, 0) is 0 Å². The molecule has 1 radical (unpaired) electrons. The molecule has 0 aliphatic heterocycles. The fraction of sp³-hybridized carbons (Fsp3) is 0.500. The number of halogens is 2. The quantitative estimate of drug-likeness (QED) is 0.367. The van der Waals surface area contributed by atoms with E-state index in [2.05, 4.69) is 18.8 Å². The average molecular weight is 150 g/mol. The predicted molar refractivity (Wildman–Crippen MR) is 37.8 cm³/mol. The first kappa shape index (κ1) is 8.14. The van der Waals surface area contributed by atoms with Crippen molar-refractivity contribution < 1.29 is 0 Å². The van der Waals surface area contributed by atoms with Gasteiger partial charge in [-0.05, 0) is 6.92 Å². The molecular weight excluding hydrogens is 143 g/mol. The van der Waals surface area contributed by atoms with Crippen LogP contribution in [0.3, 0.4) is 0 Å². The van der Waals surface area contributed by atoms with Crippen LogP contribution in [0.15, 0.2) is 0 Å². The molecule has 0 heterocycles. The van der Waals surface area contributed by atoms with Gasteiger partial charge in [-0.1, -0.05) is 42.0 Å². The monoisotopic (exact) mass is 149 g/mol. The van der Waals surface area contributed by atoms with Gasteiger partial charge in [0.15, 0.2) is 4.84 Å². The number of rotatable bonds is 0. The van der Waals surface area contributed by atoms with E-state index in [0.29, 0.717) is 0 Å². The van der Waals surface area contributed by atoms with Crippen LogP contribution in [-0.4, -0.2) is 4.84 Å². The van der Waals surface area contributed by atoms with E-state index in [1.807, 2.05) is 6.92 Å². The average Bonchev–Trinajstić information content (AvgIpc) is 1.61. The second-order valence-corrected chi connectivity index (χ2v) is 2.59. The van der Waals surface area contributed by atoms with Crippen LogP contribution in [0.25, 0.3) is 0 Å². The van der Waals surface area contributed by atoms with Crippen LogP contribution in [0.5, 0.6) is 0 Å². The third-order valence-electron chi connectivity index (χ3n) is 0.439. The molecule has 8 heavy (non-hydrogen) atoms. The SMILES string of the molecule is [CH2]C(C)C#CC(Cl)Cl. The summed E-state index contributed by atoms with van der Waals surface area (Å²) >= 11 is 10.6. The van der Waals surface area contributed by atoms with E-state index in [1.165, 1.54) is 0 Å². The van der Waals surface area contributed by atoms with Gasteiger partial charge in [-0.3, -0.25) is 0 Å². The van der Waals surface area contributed by atoms with Gasteiger partial charge in [0.2, 0.25) is 0 Å². The van der Waals surface area contributed by atoms with Crippen LogP contribution in [0.4, 0.5) is 0 Å². The zero-order valence-electron chi connectivity index (χ0n) is 4.62. The van der Waals surface area contributed by atoms with Gasteiger partial charge in [0.05, 0.1) is 0 Å². The summed E-state index contributed by atoms with van der Waals surface area (Å²) in [6, 6.07) is 0. The molecule has 0 rings (SSSR count). The van der Waals surface area contributed by atoms with Crippen molar-refractivity contribution in [3.63, 3.8) is 0 Å². The molecule has 0 saturated carbocycles. The second kappa shape index (κ2) is 4.06. The highest BCUT2D eigenvalue weighted by Crippen LogP contribution is 1.98. The highest BCUT2D eigenvalue weighted by atomic mass is 35.5. The molecule has 0 aliphatic carbocycles. The molecule has 45 valence electrons. The Morgan fingerprint density at radius 2 is 1.88 bits per heavy atom. The lowest BCUT2D eigenvalue weighted by Crippen LogP contribution is -1.82. The first-order valence-electron chi connectivity index (χ1n) is 2.25. The lowest BCUT2D eigenvalue weighted by Gasteiger charge is -1.86. The third-order valence-corrected chi connectivity index (χ3v) is 0.657. The first-order chi connectivity index (χ1) is 3.63. The predicted octanol–water partition coefficient (Wildman–Crippen LogP) is 2.26. The van der Waals surface area contributed by atoms with E-state index in [-0.39, 0.29) is 5.92 Å². The van der Waals surface area contributed by atoms with Crippen LogP contribution >= 0.6 is 23.2 Å². The molecule has 0 aromatic carbocycles. The minimum Gasteiger partial charge on any atom is -0.0973 e. The molecule has 0 aromatic rings. The summed E-state index contributed by atoms with van der Waals surface area (Å²) in [7, 11) is 0. The van der Waals surface area contributed by atoms with Crippen LogP contribution in [0.2, 0.25) is 0 Å². The zero-order chi connectivity index (χ0) is 6.57. The molecule has 1 unspecified atom stereocenters. The van der Waals surface area contributed by atoms with E-state index in [4.69, 9.17) is 23.2 Å². The Labute approximate surface area is 60.2 Å². The topological polar surface area (TPSA) is 0 Å². The lowest BCUT2D eigenvalue weighted by molar-refractivity contribution is 0.976. The van der Waals surface area contributed by atoms with Crippen molar-refractivity contribution in [3.8, 4) is 11.8 Å². The maximum Gasteiger partial charge on any atom is 0.167 e. The van der Waals surface area contributed by atoms with Crippen LogP contribution in [0.1, 0.15) is 6.92 Å². The molecule has 0 aromatic heterocycles. The van der Waals surface area contributed by atoms with E-state index in [0.717, 1.165) is 0 Å². The van der Waals surface area contributed by atoms with Gasteiger partial charge in [0.25, 0.3) is 0 Å². The largest absolute Gasteiger partial charge is 0.167 e. The Morgan fingerprint density at radius 1 is 1.38 bits per heavy atom. The van der Waals surface area contributed by atoms with Gasteiger partial charge in [-0.2, -0.15) is 0 Å². The molecule has 0 amide bonds. The van der Waals surface area contributed by atoms with Crippen molar-refractivity contribution in [2.45, 2.75) is 11.8 Å². The summed E-state index contributed by atoms with van der Waals surface area (Å²) in [5.74, 6) is 5.39. The highest BCUT2D eigenvalue weighted by Gasteiger charge is 1.87. The van der Waals surface area contributed by atoms with Gasteiger partial charge in [0, 0.05) is 5.92 Å². The Kier molecular flexibility index (Phi) is 4.13. The molecule has 0 spiro atoms. The van der Waals surface area contributed by atoms with Crippen molar-refractivity contribution in [2.24, 2.45) is 5.92 Å². The summed E-state index contributed by atoms with van der Waals surface area (Å²) in [5.41, 5.74) is 0. The molecule has 0 N–H and O–H groups in total. The van der Waals surface area contributed by atoms with Crippen molar-refractivity contribution in [3.05, 3.63) is 6.92 Å². The smallest absolute Gasteiger partial charge is 0.0973 e. The minimum absolute atomic E-state index is 0.106. The molecule has 1 atom stereocenters. The van der Waals surface area contributed by atoms with E-state index >= 15 is 0 Å². The second-order valence-electron chi connectivity index (χ2n) is 1.49. The molecule has 0 nitrogen and oxygen atoms in total. The van der Waals surface area contributed by atoms with E-state index in [1.54, 1.807) is 0 Å². The summed E-state index contributed by atoms with van der Waals surface area (Å²) in [4.78, 5) is -0.570. The molecule has 0 fully saturated rings. The Balaban J connectivity index is 3.50. The normalized spacial score (nSPS) is 9.25. The van der Waals surface area contributed by atoms with Crippen molar-refractivity contribution in [1.29, 1.82) is 0 Å². The maximum absolute atomic E-state index is 5.29. The Hall–Kier alpha value is 0.140. The summed E-state index contributed by atoms with van der Waals surface area (Å²) in [6.07, 6.45) is 0. The van der Waals surface area contributed by atoms with Gasteiger partial charge in [-0.15, -0.1) is 0 Å². The number of hydrogen-bond donors (Lipinski definition) is 0. The molecule has 0 saturated heterocycles. The van der Waals surface area contributed by atoms with Crippen molar-refractivity contribution >= 4 is 23.2 Å². The van der Waals surface area contributed by atoms with Crippen molar-refractivity contribution in [2.75, 3.05) is 0 Å². The van der Waals surface area contributed by atoms with Gasteiger partial charge < -0.3 is 0 Å². The number of hydrogen-bond acceptors (Lipinski definition) is 0. The lowest BCUT2D eigenvalue weighted by atomic mass is 10.2. The molecular formula is C6H7Cl2. The summed E-state index contributed by atoms with van der Waals surface area (Å²) in [5, 5.41) is 0. The van der Waals surface area contributed by atoms with Gasteiger partial charge in [-0.25, -0.2) is 0 Å². The third kappa shape index (κ3) is 6.14. The fourth-order valence-corrected chi connectivity index (χ4v) is 0.331. The highest BCUT2D eigenvalue weighted by molar-refractivity contribution is 6.46. The van der Waals surface area contributed by atoms with E-state index < -0.39 is 4.84 Å². The molecule has 2 heteroatoms.